The minimum Gasteiger partial charge on any atom is -0.480 e. The van der Waals surface area contributed by atoms with Crippen LogP contribution in [0, 0.1) is 5.92 Å². The van der Waals surface area contributed by atoms with Crippen molar-refractivity contribution in [3.8, 4) is 0 Å². The summed E-state index contributed by atoms with van der Waals surface area (Å²) in [6, 6.07) is -5.52. The molecule has 32 heavy (non-hydrogen) atoms. The molecule has 184 valence electrons. The number of nitrogens with two attached hydrogens (primary N) is 2. The highest BCUT2D eigenvalue weighted by atomic mass is 16.4. The first-order valence-electron chi connectivity index (χ1n) is 10.2. The van der Waals surface area contributed by atoms with E-state index in [0.29, 0.717) is 6.42 Å². The van der Waals surface area contributed by atoms with Gasteiger partial charge in [-0.25, -0.2) is 4.79 Å². The van der Waals surface area contributed by atoms with Gasteiger partial charge in [-0.2, -0.15) is 0 Å². The van der Waals surface area contributed by atoms with Gasteiger partial charge in [-0.15, -0.1) is 0 Å². The summed E-state index contributed by atoms with van der Waals surface area (Å²) in [7, 11) is 0. The Morgan fingerprint density at radius 3 is 1.62 bits per heavy atom. The fraction of sp³-hybridized carbons (Fsp3) is 0.737. The second-order valence-electron chi connectivity index (χ2n) is 8.09. The summed E-state index contributed by atoms with van der Waals surface area (Å²) in [5.41, 5.74) is 10.8. The molecule has 0 aromatic heterocycles. The molecule has 0 heterocycles. The molecule has 4 amide bonds. The number of aliphatic hydroxyl groups is 2. The first kappa shape index (κ1) is 29.2. The molecule has 0 aromatic rings. The van der Waals surface area contributed by atoms with Gasteiger partial charge in [0.25, 0.3) is 0 Å². The predicted octanol–water partition coefficient (Wildman–Crippen LogP) is -3.07. The average molecular weight is 462 g/mol. The number of aliphatic hydroxyl groups excluding tert-OH is 2. The van der Waals surface area contributed by atoms with Crippen molar-refractivity contribution in [3.05, 3.63) is 0 Å². The fourth-order valence-corrected chi connectivity index (χ4v) is 2.73. The molecule has 13 heteroatoms. The number of hydrogen-bond donors (Lipinski definition) is 8. The van der Waals surface area contributed by atoms with Gasteiger partial charge in [0.1, 0.15) is 18.1 Å². The summed E-state index contributed by atoms with van der Waals surface area (Å²) in [5.74, 6) is -4.82. The van der Waals surface area contributed by atoms with Crippen molar-refractivity contribution >= 4 is 29.6 Å². The summed E-state index contributed by atoms with van der Waals surface area (Å²) < 4.78 is 0. The Hall–Kier alpha value is -2.77. The van der Waals surface area contributed by atoms with E-state index < -0.39 is 66.0 Å². The minimum atomic E-state index is -1.61. The maximum atomic E-state index is 12.6. The molecule has 0 aliphatic rings. The molecule has 0 saturated carbocycles. The zero-order valence-corrected chi connectivity index (χ0v) is 18.7. The lowest BCUT2D eigenvalue weighted by Gasteiger charge is -2.27. The van der Waals surface area contributed by atoms with Crippen LogP contribution < -0.4 is 27.4 Å². The predicted molar refractivity (Wildman–Crippen MR) is 113 cm³/mol. The smallest absolute Gasteiger partial charge is 0.326 e. The SMILES string of the molecule is CC(C)C[C@H](N)C(=O)N[C@H](C(=O)N[C@H](C(=O)N[C@@H](CCC(N)=O)C(=O)O)[C@@H](C)O)[C@@H](C)O. The number of hydrogen-bond acceptors (Lipinski definition) is 8. The molecule has 10 N–H and O–H groups in total. The number of carboxylic acid groups (broad SMARTS) is 1. The van der Waals surface area contributed by atoms with Gasteiger partial charge in [-0.1, -0.05) is 13.8 Å². The number of aliphatic carboxylic acids is 1. The van der Waals surface area contributed by atoms with Crippen LogP contribution in [0.4, 0.5) is 0 Å². The van der Waals surface area contributed by atoms with E-state index in [2.05, 4.69) is 16.0 Å². The molecule has 0 spiro atoms. The van der Waals surface area contributed by atoms with Crippen molar-refractivity contribution in [2.75, 3.05) is 0 Å². The van der Waals surface area contributed by atoms with E-state index in [9.17, 15) is 39.3 Å². The van der Waals surface area contributed by atoms with Crippen LogP contribution in [-0.4, -0.2) is 81.3 Å². The average Bonchev–Trinajstić information content (AvgIpc) is 2.65. The lowest BCUT2D eigenvalue weighted by molar-refractivity contribution is -0.143. The number of nitrogens with one attached hydrogen (secondary N) is 3. The quantitative estimate of drug-likeness (QED) is 0.131. The van der Waals surface area contributed by atoms with Gasteiger partial charge in [0.15, 0.2) is 0 Å². The minimum absolute atomic E-state index is 0.106. The molecular weight excluding hydrogens is 426 g/mol. The van der Waals surface area contributed by atoms with E-state index in [-0.39, 0.29) is 18.8 Å². The molecule has 0 radical (unpaired) electrons. The molecule has 0 rings (SSSR count). The second-order valence-corrected chi connectivity index (χ2v) is 8.09. The Labute approximate surface area is 186 Å². The summed E-state index contributed by atoms with van der Waals surface area (Å²) in [6.07, 6.45) is -3.10. The standard InChI is InChI=1S/C19H35N5O8/c1-8(2)7-11(20)16(28)23-15(10(4)26)18(30)24-14(9(3)25)17(29)22-12(19(31)32)5-6-13(21)27/h8-12,14-15,25-26H,5-7,20H2,1-4H3,(H2,21,27)(H,22,29)(H,23,28)(H,24,30)(H,31,32)/t9-,10-,11+,12+,14+,15+/m1/s1. The van der Waals surface area contributed by atoms with Crippen molar-refractivity contribution in [1.29, 1.82) is 0 Å². The number of carbonyl (C=O) groups excluding carboxylic acids is 4. The number of amides is 4. The van der Waals surface area contributed by atoms with Crippen LogP contribution in [0.25, 0.3) is 0 Å². The van der Waals surface area contributed by atoms with E-state index >= 15 is 0 Å². The zero-order valence-electron chi connectivity index (χ0n) is 18.7. The Balaban J connectivity index is 5.34. The molecule has 0 aliphatic carbocycles. The van der Waals surface area contributed by atoms with Crippen LogP contribution in [0.15, 0.2) is 0 Å². The molecule has 6 atom stereocenters. The van der Waals surface area contributed by atoms with Crippen molar-refractivity contribution < 1.29 is 39.3 Å². The van der Waals surface area contributed by atoms with Crippen LogP contribution in [0.2, 0.25) is 0 Å². The lowest BCUT2D eigenvalue weighted by atomic mass is 10.0. The first-order chi connectivity index (χ1) is 14.7. The third kappa shape index (κ3) is 10.5. The molecular formula is C19H35N5O8. The molecule has 13 nitrogen and oxygen atoms in total. The normalized spacial score (nSPS) is 16.8. The molecule has 0 aliphatic heterocycles. The van der Waals surface area contributed by atoms with Gasteiger partial charge in [0.05, 0.1) is 18.2 Å². The van der Waals surface area contributed by atoms with Crippen LogP contribution in [-0.2, 0) is 24.0 Å². The number of primary amides is 1. The monoisotopic (exact) mass is 461 g/mol. The van der Waals surface area contributed by atoms with Crippen LogP contribution in [0.5, 0.6) is 0 Å². The Morgan fingerprint density at radius 2 is 1.25 bits per heavy atom. The van der Waals surface area contributed by atoms with Gasteiger partial charge in [0, 0.05) is 6.42 Å². The molecule has 0 aromatic carbocycles. The van der Waals surface area contributed by atoms with Gasteiger partial charge < -0.3 is 42.7 Å². The van der Waals surface area contributed by atoms with E-state index in [1.54, 1.807) is 0 Å². The van der Waals surface area contributed by atoms with Crippen LogP contribution >= 0.6 is 0 Å². The molecule has 0 saturated heterocycles. The van der Waals surface area contributed by atoms with Crippen LogP contribution in [0.3, 0.4) is 0 Å². The Bertz CT molecular complexity index is 683. The third-order valence-corrected chi connectivity index (χ3v) is 4.48. The highest BCUT2D eigenvalue weighted by Gasteiger charge is 2.34. The van der Waals surface area contributed by atoms with Crippen molar-refractivity contribution in [3.63, 3.8) is 0 Å². The third-order valence-electron chi connectivity index (χ3n) is 4.48. The topological polar surface area (TPSA) is 234 Å². The summed E-state index contributed by atoms with van der Waals surface area (Å²) in [6.45, 7) is 6.12. The van der Waals surface area contributed by atoms with Crippen molar-refractivity contribution in [1.82, 2.24) is 16.0 Å². The van der Waals surface area contributed by atoms with E-state index in [1.807, 2.05) is 13.8 Å². The van der Waals surface area contributed by atoms with Gasteiger partial charge in [0.2, 0.25) is 23.6 Å². The maximum absolute atomic E-state index is 12.6. The van der Waals surface area contributed by atoms with Gasteiger partial charge >= 0.3 is 5.97 Å². The van der Waals surface area contributed by atoms with Crippen LogP contribution in [0.1, 0.15) is 47.0 Å². The van der Waals surface area contributed by atoms with Gasteiger partial charge in [-0.05, 0) is 32.6 Å². The summed E-state index contributed by atoms with van der Waals surface area (Å²) in [5, 5.41) is 35.7. The Kier molecular flexibility index (Phi) is 12.4. The number of carboxylic acids is 1. The van der Waals surface area contributed by atoms with E-state index in [1.165, 1.54) is 13.8 Å². The number of rotatable bonds is 14. The summed E-state index contributed by atoms with van der Waals surface area (Å²) >= 11 is 0. The second kappa shape index (κ2) is 13.6. The largest absolute Gasteiger partial charge is 0.480 e. The molecule has 0 bridgehead atoms. The van der Waals surface area contributed by atoms with Crippen molar-refractivity contribution in [2.24, 2.45) is 17.4 Å². The molecule has 0 unspecified atom stereocenters. The highest BCUT2D eigenvalue weighted by molar-refractivity contribution is 5.94. The lowest BCUT2D eigenvalue weighted by Crippen LogP contribution is -2.61. The fourth-order valence-electron chi connectivity index (χ4n) is 2.73. The zero-order chi connectivity index (χ0) is 25.2. The molecule has 0 fully saturated rings. The van der Waals surface area contributed by atoms with Gasteiger partial charge in [-0.3, -0.25) is 19.2 Å². The van der Waals surface area contributed by atoms with E-state index in [0.717, 1.165) is 0 Å². The maximum Gasteiger partial charge on any atom is 0.326 e. The van der Waals surface area contributed by atoms with E-state index in [4.69, 9.17) is 11.5 Å². The number of carbonyl (C=O) groups is 5. The first-order valence-corrected chi connectivity index (χ1v) is 10.2. The Morgan fingerprint density at radius 1 is 0.812 bits per heavy atom. The highest BCUT2D eigenvalue weighted by Crippen LogP contribution is 2.05. The summed E-state index contributed by atoms with van der Waals surface area (Å²) in [4.78, 5) is 59.6. The van der Waals surface area contributed by atoms with Crippen molar-refractivity contribution in [2.45, 2.75) is 83.3 Å².